The van der Waals surface area contributed by atoms with Crippen molar-refractivity contribution < 1.29 is 10.2 Å². The number of benzene rings is 2. The van der Waals surface area contributed by atoms with E-state index in [2.05, 4.69) is 5.32 Å². The van der Waals surface area contributed by atoms with E-state index in [-0.39, 0.29) is 11.5 Å². The largest absolute Gasteiger partial charge is 0.504 e. The van der Waals surface area contributed by atoms with Gasteiger partial charge in [0.05, 0.1) is 0 Å². The Morgan fingerprint density at radius 2 is 1.68 bits per heavy atom. The smallest absolute Gasteiger partial charge is 0.162 e. The minimum absolute atomic E-state index is 0.0695. The van der Waals surface area contributed by atoms with E-state index in [4.69, 9.17) is 0 Å². The maximum atomic E-state index is 9.70. The summed E-state index contributed by atoms with van der Waals surface area (Å²) in [5.74, 6) is -0.165. The van der Waals surface area contributed by atoms with E-state index in [1.807, 2.05) is 43.3 Å². The molecule has 0 amide bonds. The van der Waals surface area contributed by atoms with Crippen molar-refractivity contribution in [3.63, 3.8) is 0 Å². The van der Waals surface area contributed by atoms with Gasteiger partial charge < -0.3 is 20.4 Å². The lowest BCUT2D eigenvalue weighted by molar-refractivity contribution is 0.400. The van der Waals surface area contributed by atoms with Crippen LogP contribution in [0.3, 0.4) is 0 Å². The first-order chi connectivity index (χ1) is 9.08. The van der Waals surface area contributed by atoms with Crippen LogP contribution in [0.5, 0.6) is 11.5 Å². The molecule has 0 fully saturated rings. The lowest BCUT2D eigenvalue weighted by atomic mass is 10.2. The molecular weight excluding hydrogens is 240 g/mol. The maximum Gasteiger partial charge on any atom is 0.162 e. The monoisotopic (exact) mass is 258 g/mol. The van der Waals surface area contributed by atoms with Crippen LogP contribution in [0, 0.1) is 0 Å². The van der Waals surface area contributed by atoms with Crippen LogP contribution in [0.15, 0.2) is 42.5 Å². The zero-order valence-electron chi connectivity index (χ0n) is 11.1. The summed E-state index contributed by atoms with van der Waals surface area (Å²) in [6.07, 6.45) is 0. The predicted octanol–water partition coefficient (Wildman–Crippen LogP) is 2.78. The van der Waals surface area contributed by atoms with Gasteiger partial charge in [-0.2, -0.15) is 0 Å². The molecule has 2 rings (SSSR count). The molecule has 0 aromatic heterocycles. The average Bonchev–Trinajstić information content (AvgIpc) is 2.41. The SMILES string of the molecule is CN(C)c1ccc(NCc2cccc(O)c2O)cc1. The molecule has 0 saturated carbocycles. The van der Waals surface area contributed by atoms with Crippen LogP contribution in [0.2, 0.25) is 0 Å². The van der Waals surface area contributed by atoms with Crippen LogP contribution >= 0.6 is 0 Å². The van der Waals surface area contributed by atoms with Gasteiger partial charge in [0.2, 0.25) is 0 Å². The highest BCUT2D eigenvalue weighted by atomic mass is 16.3. The molecule has 0 atom stereocenters. The Hall–Kier alpha value is -2.36. The lowest BCUT2D eigenvalue weighted by Crippen LogP contribution is -2.08. The Kier molecular flexibility index (Phi) is 3.80. The maximum absolute atomic E-state index is 9.70. The van der Waals surface area contributed by atoms with E-state index in [0.29, 0.717) is 12.1 Å². The fourth-order valence-corrected chi connectivity index (χ4v) is 1.80. The second kappa shape index (κ2) is 5.52. The summed E-state index contributed by atoms with van der Waals surface area (Å²) in [7, 11) is 3.99. The van der Waals surface area contributed by atoms with E-state index in [9.17, 15) is 10.2 Å². The van der Waals surface area contributed by atoms with Gasteiger partial charge in [0.1, 0.15) is 0 Å². The van der Waals surface area contributed by atoms with E-state index >= 15 is 0 Å². The molecule has 19 heavy (non-hydrogen) atoms. The Bertz CT molecular complexity index is 551. The summed E-state index contributed by atoms with van der Waals surface area (Å²) in [5.41, 5.74) is 2.76. The molecule has 2 aromatic carbocycles. The number of aromatic hydroxyl groups is 2. The molecule has 2 aromatic rings. The van der Waals surface area contributed by atoms with Crippen molar-refractivity contribution >= 4 is 11.4 Å². The molecule has 0 aliphatic heterocycles. The van der Waals surface area contributed by atoms with Crippen molar-refractivity contribution in [2.75, 3.05) is 24.3 Å². The van der Waals surface area contributed by atoms with Crippen molar-refractivity contribution in [3.8, 4) is 11.5 Å². The fourth-order valence-electron chi connectivity index (χ4n) is 1.80. The summed E-state index contributed by atoms with van der Waals surface area (Å²) in [6, 6.07) is 12.9. The zero-order valence-corrected chi connectivity index (χ0v) is 11.1. The first-order valence-electron chi connectivity index (χ1n) is 6.09. The van der Waals surface area contributed by atoms with E-state index in [0.717, 1.165) is 11.4 Å². The minimum Gasteiger partial charge on any atom is -0.504 e. The number of phenolic OH excluding ortho intramolecular Hbond substituents is 2. The third kappa shape index (κ3) is 3.10. The highest BCUT2D eigenvalue weighted by molar-refractivity contribution is 5.55. The summed E-state index contributed by atoms with van der Waals surface area (Å²) in [4.78, 5) is 2.03. The molecule has 4 heteroatoms. The van der Waals surface area contributed by atoms with Crippen molar-refractivity contribution in [2.24, 2.45) is 0 Å². The first kappa shape index (κ1) is 13.1. The van der Waals surface area contributed by atoms with Gasteiger partial charge in [-0.1, -0.05) is 12.1 Å². The minimum atomic E-state index is -0.0951. The van der Waals surface area contributed by atoms with Gasteiger partial charge in [-0.15, -0.1) is 0 Å². The van der Waals surface area contributed by atoms with Crippen molar-refractivity contribution in [1.82, 2.24) is 0 Å². The zero-order chi connectivity index (χ0) is 13.8. The number of nitrogens with one attached hydrogen (secondary N) is 1. The van der Waals surface area contributed by atoms with Gasteiger partial charge in [-0.25, -0.2) is 0 Å². The van der Waals surface area contributed by atoms with Gasteiger partial charge in [0.15, 0.2) is 11.5 Å². The van der Waals surface area contributed by atoms with E-state index in [1.54, 1.807) is 12.1 Å². The second-order valence-corrected chi connectivity index (χ2v) is 4.58. The number of rotatable bonds is 4. The molecule has 100 valence electrons. The summed E-state index contributed by atoms with van der Waals surface area (Å²) in [6.45, 7) is 0.460. The Labute approximate surface area is 112 Å². The number of anilines is 2. The molecule has 0 aliphatic carbocycles. The van der Waals surface area contributed by atoms with Crippen molar-refractivity contribution in [1.29, 1.82) is 0 Å². The average molecular weight is 258 g/mol. The lowest BCUT2D eigenvalue weighted by Gasteiger charge is -2.13. The molecule has 0 bridgehead atoms. The van der Waals surface area contributed by atoms with Gasteiger partial charge >= 0.3 is 0 Å². The molecule has 0 unspecified atom stereocenters. The molecule has 4 nitrogen and oxygen atoms in total. The summed E-state index contributed by atoms with van der Waals surface area (Å²) < 4.78 is 0. The number of phenols is 2. The van der Waals surface area contributed by atoms with Crippen LogP contribution in [0.1, 0.15) is 5.56 Å². The molecule has 0 radical (unpaired) electrons. The molecule has 0 heterocycles. The van der Waals surface area contributed by atoms with E-state index < -0.39 is 0 Å². The molecule has 3 N–H and O–H groups in total. The number of nitrogens with zero attached hydrogens (tertiary/aromatic N) is 1. The highest BCUT2D eigenvalue weighted by Gasteiger charge is 2.05. The van der Waals surface area contributed by atoms with Crippen LogP contribution in [0.25, 0.3) is 0 Å². The van der Waals surface area contributed by atoms with Crippen LogP contribution < -0.4 is 10.2 Å². The fraction of sp³-hybridized carbons (Fsp3) is 0.200. The van der Waals surface area contributed by atoms with Crippen LogP contribution in [-0.4, -0.2) is 24.3 Å². The normalized spacial score (nSPS) is 10.2. The predicted molar refractivity (Wildman–Crippen MR) is 77.9 cm³/mol. The number of para-hydroxylation sites is 1. The van der Waals surface area contributed by atoms with Gasteiger partial charge in [0.25, 0.3) is 0 Å². The van der Waals surface area contributed by atoms with E-state index in [1.165, 1.54) is 6.07 Å². The van der Waals surface area contributed by atoms with Crippen molar-refractivity contribution in [3.05, 3.63) is 48.0 Å². The Morgan fingerprint density at radius 1 is 1.00 bits per heavy atom. The molecule has 0 saturated heterocycles. The quantitative estimate of drug-likeness (QED) is 0.738. The van der Waals surface area contributed by atoms with Gasteiger partial charge in [-0.3, -0.25) is 0 Å². The number of hydrogen-bond acceptors (Lipinski definition) is 4. The third-order valence-corrected chi connectivity index (χ3v) is 2.96. The van der Waals surface area contributed by atoms with Gasteiger partial charge in [0, 0.05) is 37.6 Å². The number of hydrogen-bond donors (Lipinski definition) is 3. The van der Waals surface area contributed by atoms with Crippen LogP contribution in [-0.2, 0) is 6.54 Å². The summed E-state index contributed by atoms with van der Waals surface area (Å²) in [5, 5.41) is 22.3. The topological polar surface area (TPSA) is 55.7 Å². The highest BCUT2D eigenvalue weighted by Crippen LogP contribution is 2.28. The second-order valence-electron chi connectivity index (χ2n) is 4.58. The molecule has 0 spiro atoms. The van der Waals surface area contributed by atoms with Crippen LogP contribution in [0.4, 0.5) is 11.4 Å². The van der Waals surface area contributed by atoms with Crippen molar-refractivity contribution in [2.45, 2.75) is 6.54 Å². The Morgan fingerprint density at radius 3 is 2.32 bits per heavy atom. The standard InChI is InChI=1S/C15H18N2O2/c1-17(2)13-8-6-12(7-9-13)16-10-11-4-3-5-14(18)15(11)19/h3-9,16,18-19H,10H2,1-2H3. The third-order valence-electron chi connectivity index (χ3n) is 2.96. The summed E-state index contributed by atoms with van der Waals surface area (Å²) >= 11 is 0. The first-order valence-corrected chi connectivity index (χ1v) is 6.09. The molecule has 0 aliphatic rings. The Balaban J connectivity index is 2.04. The van der Waals surface area contributed by atoms with Gasteiger partial charge in [-0.05, 0) is 30.3 Å². The molecular formula is C15H18N2O2.